The van der Waals surface area contributed by atoms with Crippen LogP contribution < -0.4 is 5.43 Å². The molecule has 28 heavy (non-hydrogen) atoms. The molecule has 5 nitrogen and oxygen atoms in total. The second-order valence-electron chi connectivity index (χ2n) is 7.05. The molecule has 1 amide bonds. The van der Waals surface area contributed by atoms with Gasteiger partial charge in [-0.05, 0) is 43.9 Å². The number of hydrogen-bond acceptors (Lipinski definition) is 4. The fourth-order valence-corrected chi connectivity index (χ4v) is 3.84. The third-order valence-corrected chi connectivity index (χ3v) is 5.66. The molecule has 0 fully saturated rings. The van der Waals surface area contributed by atoms with Crippen molar-refractivity contribution in [2.75, 3.05) is 27.2 Å². The summed E-state index contributed by atoms with van der Waals surface area (Å²) in [6.45, 7) is 1.09. The molecule has 2 aromatic carbocycles. The van der Waals surface area contributed by atoms with Crippen molar-refractivity contribution >= 4 is 40.1 Å². The van der Waals surface area contributed by atoms with Crippen LogP contribution in [0.2, 0.25) is 10.0 Å². The summed E-state index contributed by atoms with van der Waals surface area (Å²) in [5.74, 6) is -0.200. The standard InChI is InChI=1S/C21H18Cl2N2O3/c1-24(2)9-10-25-18(12-7-8-14(22)15(23)11-12)17-19(26)13-5-3-4-6-16(13)28-20(17)21(25)27/h3-8,11,18H,9-10H2,1-2H3/t18-/m0/s1. The number of nitrogens with zero attached hydrogens (tertiary/aromatic N) is 2. The number of benzene rings is 2. The number of para-hydroxylation sites is 1. The summed E-state index contributed by atoms with van der Waals surface area (Å²) in [4.78, 5) is 30.1. The summed E-state index contributed by atoms with van der Waals surface area (Å²) in [5.41, 5.74) is 1.28. The van der Waals surface area contributed by atoms with Crippen LogP contribution in [0.4, 0.5) is 0 Å². The van der Waals surface area contributed by atoms with Gasteiger partial charge in [-0.1, -0.05) is 41.4 Å². The number of carbonyl (C=O) groups excluding carboxylic acids is 1. The van der Waals surface area contributed by atoms with Crippen LogP contribution in [0.15, 0.2) is 51.7 Å². The SMILES string of the molecule is CN(C)CCN1C(=O)c2oc3ccccc3c(=O)c2[C@@H]1c1ccc(Cl)c(Cl)c1. The Morgan fingerprint density at radius 1 is 1.07 bits per heavy atom. The zero-order valence-corrected chi connectivity index (χ0v) is 16.9. The molecule has 0 unspecified atom stereocenters. The third-order valence-electron chi connectivity index (χ3n) is 4.92. The molecule has 1 aliphatic rings. The third kappa shape index (κ3) is 3.09. The molecule has 144 valence electrons. The van der Waals surface area contributed by atoms with E-state index >= 15 is 0 Å². The normalized spacial score (nSPS) is 16.2. The Labute approximate surface area is 172 Å². The van der Waals surface area contributed by atoms with Crippen LogP contribution in [0.5, 0.6) is 0 Å². The second kappa shape index (κ2) is 7.24. The predicted molar refractivity (Wildman–Crippen MR) is 110 cm³/mol. The highest BCUT2D eigenvalue weighted by atomic mass is 35.5. The lowest BCUT2D eigenvalue weighted by atomic mass is 9.98. The zero-order valence-electron chi connectivity index (χ0n) is 15.4. The molecule has 0 saturated heterocycles. The van der Waals surface area contributed by atoms with E-state index in [1.807, 2.05) is 19.0 Å². The highest BCUT2D eigenvalue weighted by molar-refractivity contribution is 6.42. The Morgan fingerprint density at radius 3 is 2.54 bits per heavy atom. The van der Waals surface area contributed by atoms with Crippen LogP contribution >= 0.6 is 23.2 Å². The van der Waals surface area contributed by atoms with Gasteiger partial charge in [0.25, 0.3) is 5.91 Å². The summed E-state index contributed by atoms with van der Waals surface area (Å²) in [6, 6.07) is 11.6. The van der Waals surface area contributed by atoms with E-state index in [4.69, 9.17) is 27.6 Å². The fraction of sp³-hybridized carbons (Fsp3) is 0.238. The van der Waals surface area contributed by atoms with E-state index in [-0.39, 0.29) is 17.1 Å². The molecule has 2 heterocycles. The van der Waals surface area contributed by atoms with Crippen molar-refractivity contribution in [3.63, 3.8) is 0 Å². The number of hydrogen-bond donors (Lipinski definition) is 0. The molecule has 0 N–H and O–H groups in total. The molecule has 1 atom stereocenters. The Hall–Kier alpha value is -2.34. The summed E-state index contributed by atoms with van der Waals surface area (Å²) >= 11 is 12.3. The van der Waals surface area contributed by atoms with E-state index < -0.39 is 6.04 Å². The molecule has 3 aromatic rings. The number of amides is 1. The van der Waals surface area contributed by atoms with E-state index in [0.717, 1.165) is 5.56 Å². The molecule has 4 rings (SSSR count). The molecular formula is C21H18Cl2N2O3. The maximum atomic E-state index is 13.3. The monoisotopic (exact) mass is 416 g/mol. The van der Waals surface area contributed by atoms with Gasteiger partial charge in [-0.25, -0.2) is 0 Å². The first kappa shape index (κ1) is 19.0. The van der Waals surface area contributed by atoms with Crippen LogP contribution in [0.3, 0.4) is 0 Å². The van der Waals surface area contributed by atoms with E-state index in [1.54, 1.807) is 47.4 Å². The minimum atomic E-state index is -0.571. The van der Waals surface area contributed by atoms with Crippen molar-refractivity contribution in [2.24, 2.45) is 0 Å². The Bertz CT molecular complexity index is 1140. The van der Waals surface area contributed by atoms with Gasteiger partial charge in [0.05, 0.1) is 27.0 Å². The molecule has 0 aliphatic carbocycles. The van der Waals surface area contributed by atoms with E-state index in [9.17, 15) is 9.59 Å². The highest BCUT2D eigenvalue weighted by Gasteiger charge is 2.42. The summed E-state index contributed by atoms with van der Waals surface area (Å²) in [7, 11) is 3.86. The van der Waals surface area contributed by atoms with Crippen LogP contribution in [-0.4, -0.2) is 42.9 Å². The van der Waals surface area contributed by atoms with Gasteiger partial charge < -0.3 is 14.2 Å². The molecular weight excluding hydrogens is 399 g/mol. The average Bonchev–Trinajstić information content (AvgIpc) is 2.95. The zero-order chi connectivity index (χ0) is 20.0. The second-order valence-corrected chi connectivity index (χ2v) is 7.86. The van der Waals surface area contributed by atoms with Crippen LogP contribution in [0.25, 0.3) is 11.0 Å². The lowest BCUT2D eigenvalue weighted by Crippen LogP contribution is -2.35. The van der Waals surface area contributed by atoms with Gasteiger partial charge in [0.1, 0.15) is 5.58 Å². The predicted octanol–water partition coefficient (Wildman–Crippen LogP) is 4.21. The van der Waals surface area contributed by atoms with E-state index in [1.165, 1.54) is 0 Å². The van der Waals surface area contributed by atoms with Crippen LogP contribution in [0, 0.1) is 0 Å². The number of rotatable bonds is 4. The number of likely N-dealkylation sites (N-methyl/N-ethyl adjacent to an activating group) is 1. The highest BCUT2D eigenvalue weighted by Crippen LogP contribution is 2.39. The number of fused-ring (bicyclic) bond motifs is 2. The number of carbonyl (C=O) groups is 1. The summed E-state index contributed by atoms with van der Waals surface area (Å²) in [6.07, 6.45) is 0. The van der Waals surface area contributed by atoms with Gasteiger partial charge in [0, 0.05) is 13.1 Å². The first-order valence-corrected chi connectivity index (χ1v) is 9.60. The maximum Gasteiger partial charge on any atom is 0.290 e. The molecule has 7 heteroatoms. The smallest absolute Gasteiger partial charge is 0.290 e. The first-order chi connectivity index (χ1) is 13.4. The van der Waals surface area contributed by atoms with Gasteiger partial charge in [-0.3, -0.25) is 9.59 Å². The van der Waals surface area contributed by atoms with Crippen molar-refractivity contribution in [1.82, 2.24) is 9.80 Å². The van der Waals surface area contributed by atoms with Gasteiger partial charge >= 0.3 is 0 Å². The van der Waals surface area contributed by atoms with Crippen molar-refractivity contribution in [3.05, 3.63) is 79.6 Å². The number of halogens is 2. The Balaban J connectivity index is 1.95. The minimum Gasteiger partial charge on any atom is -0.450 e. The molecule has 0 saturated carbocycles. The van der Waals surface area contributed by atoms with Crippen molar-refractivity contribution < 1.29 is 9.21 Å². The largest absolute Gasteiger partial charge is 0.450 e. The topological polar surface area (TPSA) is 53.8 Å². The van der Waals surface area contributed by atoms with Crippen molar-refractivity contribution in [3.8, 4) is 0 Å². The van der Waals surface area contributed by atoms with E-state index in [0.29, 0.717) is 39.7 Å². The minimum absolute atomic E-state index is 0.0959. The average molecular weight is 417 g/mol. The van der Waals surface area contributed by atoms with Gasteiger partial charge in [0.15, 0.2) is 5.43 Å². The molecule has 1 aliphatic heterocycles. The van der Waals surface area contributed by atoms with Crippen LogP contribution in [0.1, 0.15) is 27.7 Å². The Morgan fingerprint density at radius 2 is 1.82 bits per heavy atom. The molecule has 1 aromatic heterocycles. The van der Waals surface area contributed by atoms with E-state index in [2.05, 4.69) is 0 Å². The lowest BCUT2D eigenvalue weighted by Gasteiger charge is -2.26. The molecule has 0 spiro atoms. The first-order valence-electron chi connectivity index (χ1n) is 8.85. The molecule has 0 bridgehead atoms. The van der Waals surface area contributed by atoms with Gasteiger partial charge in [-0.2, -0.15) is 0 Å². The summed E-state index contributed by atoms with van der Waals surface area (Å²) < 4.78 is 5.88. The Kier molecular flexibility index (Phi) is 4.91. The van der Waals surface area contributed by atoms with Gasteiger partial charge in [0.2, 0.25) is 5.76 Å². The van der Waals surface area contributed by atoms with Crippen molar-refractivity contribution in [1.29, 1.82) is 0 Å². The lowest BCUT2D eigenvalue weighted by molar-refractivity contribution is 0.0716. The fourth-order valence-electron chi connectivity index (χ4n) is 3.53. The maximum absolute atomic E-state index is 13.3. The molecule has 0 radical (unpaired) electrons. The van der Waals surface area contributed by atoms with Crippen molar-refractivity contribution in [2.45, 2.75) is 6.04 Å². The quantitative estimate of drug-likeness (QED) is 0.639. The van der Waals surface area contributed by atoms with Gasteiger partial charge in [-0.15, -0.1) is 0 Å². The van der Waals surface area contributed by atoms with Crippen LogP contribution in [-0.2, 0) is 0 Å². The summed E-state index contributed by atoms with van der Waals surface area (Å²) in [5, 5.41) is 1.24.